The fraction of sp³-hybridized carbons (Fsp3) is 0.556. The number of carbonyl (C=O) groups excluding carboxylic acids is 1. The summed E-state index contributed by atoms with van der Waals surface area (Å²) in [5, 5.41) is 14.7. The number of hydrogen-bond acceptors (Lipinski definition) is 4. The average molecular weight is 350 g/mol. The molecule has 1 aromatic carbocycles. The maximum Gasteiger partial charge on any atom is 0.319 e. The van der Waals surface area contributed by atoms with Crippen molar-refractivity contribution in [2.75, 3.05) is 18.5 Å². The molecule has 138 valence electrons. The Balaban J connectivity index is 1.95. The fourth-order valence-electron chi connectivity index (χ4n) is 2.97. The van der Waals surface area contributed by atoms with Gasteiger partial charge in [-0.05, 0) is 51.7 Å². The molecule has 0 aliphatic heterocycles. The first-order valence-electron chi connectivity index (χ1n) is 8.73. The number of benzene rings is 1. The number of carboxylic acid groups (broad SMARTS) is 1. The van der Waals surface area contributed by atoms with Crippen LogP contribution >= 0.6 is 0 Å². The second-order valence-corrected chi connectivity index (χ2v) is 6.01. The van der Waals surface area contributed by atoms with Gasteiger partial charge in [0, 0.05) is 12.1 Å². The molecule has 3 N–H and O–H groups in total. The second kappa shape index (κ2) is 9.15. The largest absolute Gasteiger partial charge is 0.494 e. The maximum atomic E-state index is 12.3. The van der Waals surface area contributed by atoms with Gasteiger partial charge in [0.2, 0.25) is 0 Å². The average Bonchev–Trinajstić information content (AvgIpc) is 2.58. The molecule has 0 bridgehead atoms. The summed E-state index contributed by atoms with van der Waals surface area (Å²) in [5.74, 6) is 0.185. The summed E-state index contributed by atoms with van der Waals surface area (Å²) < 4.78 is 11.0. The maximum absolute atomic E-state index is 12.3. The van der Waals surface area contributed by atoms with Gasteiger partial charge in [-0.1, -0.05) is 0 Å². The lowest BCUT2D eigenvalue weighted by Gasteiger charge is -2.27. The van der Waals surface area contributed by atoms with Crippen molar-refractivity contribution in [2.45, 2.75) is 45.6 Å². The number of ether oxygens (including phenoxy) is 2. The van der Waals surface area contributed by atoms with Crippen LogP contribution in [0.2, 0.25) is 0 Å². The van der Waals surface area contributed by atoms with E-state index in [0.717, 1.165) is 0 Å². The normalized spacial score (nSPS) is 19.8. The molecule has 1 aliphatic rings. The summed E-state index contributed by atoms with van der Waals surface area (Å²) >= 11 is 0. The van der Waals surface area contributed by atoms with Gasteiger partial charge >= 0.3 is 12.0 Å². The highest BCUT2D eigenvalue weighted by molar-refractivity contribution is 5.91. The van der Waals surface area contributed by atoms with Crippen LogP contribution in [0.25, 0.3) is 0 Å². The number of amides is 2. The van der Waals surface area contributed by atoms with E-state index in [1.54, 1.807) is 18.2 Å². The molecule has 1 aliphatic carbocycles. The van der Waals surface area contributed by atoms with Crippen molar-refractivity contribution in [1.82, 2.24) is 5.32 Å². The Kier molecular flexibility index (Phi) is 6.91. The van der Waals surface area contributed by atoms with Crippen LogP contribution in [0.4, 0.5) is 10.5 Å². The Morgan fingerprint density at radius 1 is 1.12 bits per heavy atom. The number of nitrogens with one attached hydrogen (secondary N) is 2. The van der Waals surface area contributed by atoms with E-state index in [1.165, 1.54) is 0 Å². The second-order valence-electron chi connectivity index (χ2n) is 6.01. The van der Waals surface area contributed by atoms with E-state index in [0.29, 0.717) is 56.1 Å². The standard InChI is InChI=1S/C18H26N2O5/c1-3-24-14-9-10-16(25-4-2)15(11-14)20-18(23)19-13-7-5-12(6-8-13)17(21)22/h9-13H,3-8H2,1-2H3,(H,21,22)(H2,19,20,23). The topological polar surface area (TPSA) is 96.9 Å². The minimum Gasteiger partial charge on any atom is -0.494 e. The number of anilines is 1. The molecule has 7 heteroatoms. The third kappa shape index (κ3) is 5.55. The number of carboxylic acids is 1. The highest BCUT2D eigenvalue weighted by Gasteiger charge is 2.26. The van der Waals surface area contributed by atoms with Gasteiger partial charge in [-0.25, -0.2) is 4.79 Å². The molecule has 1 aromatic rings. The number of carbonyl (C=O) groups is 2. The molecule has 1 fully saturated rings. The van der Waals surface area contributed by atoms with Crippen molar-refractivity contribution in [3.63, 3.8) is 0 Å². The third-order valence-electron chi connectivity index (χ3n) is 4.22. The molecule has 7 nitrogen and oxygen atoms in total. The molecule has 0 heterocycles. The molecule has 0 radical (unpaired) electrons. The van der Waals surface area contributed by atoms with Crippen molar-refractivity contribution >= 4 is 17.7 Å². The van der Waals surface area contributed by atoms with Gasteiger partial charge < -0.3 is 25.2 Å². The van der Waals surface area contributed by atoms with Crippen molar-refractivity contribution < 1.29 is 24.2 Å². The summed E-state index contributed by atoms with van der Waals surface area (Å²) in [6.45, 7) is 4.79. The van der Waals surface area contributed by atoms with Crippen molar-refractivity contribution in [3.8, 4) is 11.5 Å². The van der Waals surface area contributed by atoms with Gasteiger partial charge in [-0.3, -0.25) is 4.79 Å². The van der Waals surface area contributed by atoms with Gasteiger partial charge in [0.1, 0.15) is 11.5 Å². The Morgan fingerprint density at radius 3 is 2.40 bits per heavy atom. The molecule has 0 unspecified atom stereocenters. The molecule has 1 saturated carbocycles. The van der Waals surface area contributed by atoms with Gasteiger partial charge in [0.25, 0.3) is 0 Å². The zero-order valence-electron chi connectivity index (χ0n) is 14.7. The van der Waals surface area contributed by atoms with Crippen LogP contribution in [0.15, 0.2) is 18.2 Å². The van der Waals surface area contributed by atoms with Crippen molar-refractivity contribution in [1.29, 1.82) is 0 Å². The smallest absolute Gasteiger partial charge is 0.319 e. The van der Waals surface area contributed by atoms with Gasteiger partial charge in [0.15, 0.2) is 0 Å². The van der Waals surface area contributed by atoms with Crippen LogP contribution in [0, 0.1) is 5.92 Å². The van der Waals surface area contributed by atoms with Gasteiger partial charge in [0.05, 0.1) is 24.8 Å². The Labute approximate surface area is 147 Å². The number of aliphatic carboxylic acids is 1. The van der Waals surface area contributed by atoms with E-state index >= 15 is 0 Å². The Bertz CT molecular complexity index is 597. The highest BCUT2D eigenvalue weighted by atomic mass is 16.5. The van der Waals surface area contributed by atoms with Crippen LogP contribution in [-0.2, 0) is 4.79 Å². The number of hydrogen-bond donors (Lipinski definition) is 3. The van der Waals surface area contributed by atoms with E-state index in [-0.39, 0.29) is 18.0 Å². The van der Waals surface area contributed by atoms with Crippen LogP contribution in [0.5, 0.6) is 11.5 Å². The molecule has 0 spiro atoms. The van der Waals surface area contributed by atoms with E-state index in [1.807, 2.05) is 13.8 Å². The van der Waals surface area contributed by atoms with Crippen LogP contribution in [0.1, 0.15) is 39.5 Å². The van der Waals surface area contributed by atoms with Gasteiger partial charge in [-0.2, -0.15) is 0 Å². The minimum absolute atomic E-state index is 0.0128. The van der Waals surface area contributed by atoms with E-state index in [4.69, 9.17) is 14.6 Å². The summed E-state index contributed by atoms with van der Waals surface area (Å²) in [6.07, 6.45) is 2.51. The SMILES string of the molecule is CCOc1ccc(OCC)c(NC(=O)NC2CCC(C(=O)O)CC2)c1. The highest BCUT2D eigenvalue weighted by Crippen LogP contribution is 2.30. The quantitative estimate of drug-likeness (QED) is 0.701. The van der Waals surface area contributed by atoms with Crippen LogP contribution in [-0.4, -0.2) is 36.4 Å². The summed E-state index contributed by atoms with van der Waals surface area (Å²) in [5.41, 5.74) is 0.546. The molecule has 0 aromatic heterocycles. The molecule has 2 rings (SSSR count). The van der Waals surface area contributed by atoms with E-state index in [2.05, 4.69) is 10.6 Å². The summed E-state index contributed by atoms with van der Waals surface area (Å²) in [6, 6.07) is 4.96. The summed E-state index contributed by atoms with van der Waals surface area (Å²) in [7, 11) is 0. The molecule has 2 amide bonds. The third-order valence-corrected chi connectivity index (χ3v) is 4.22. The first-order valence-corrected chi connectivity index (χ1v) is 8.73. The molecule has 0 saturated heterocycles. The number of urea groups is 1. The lowest BCUT2D eigenvalue weighted by Crippen LogP contribution is -2.41. The molecular weight excluding hydrogens is 324 g/mol. The van der Waals surface area contributed by atoms with Gasteiger partial charge in [-0.15, -0.1) is 0 Å². The lowest BCUT2D eigenvalue weighted by molar-refractivity contribution is -0.142. The van der Waals surface area contributed by atoms with Crippen LogP contribution in [0.3, 0.4) is 0 Å². The Morgan fingerprint density at radius 2 is 1.80 bits per heavy atom. The molecular formula is C18H26N2O5. The van der Waals surface area contributed by atoms with Crippen LogP contribution < -0.4 is 20.1 Å². The monoisotopic (exact) mass is 350 g/mol. The minimum atomic E-state index is -0.753. The van der Waals surface area contributed by atoms with E-state index < -0.39 is 5.97 Å². The predicted octanol–water partition coefficient (Wildman–Crippen LogP) is 3.25. The first kappa shape index (κ1) is 18.9. The zero-order chi connectivity index (χ0) is 18.2. The fourth-order valence-corrected chi connectivity index (χ4v) is 2.97. The Hall–Kier alpha value is -2.44. The predicted molar refractivity (Wildman–Crippen MR) is 94.3 cm³/mol. The first-order chi connectivity index (χ1) is 12.0. The summed E-state index contributed by atoms with van der Waals surface area (Å²) in [4.78, 5) is 23.3. The van der Waals surface area contributed by atoms with Crippen molar-refractivity contribution in [3.05, 3.63) is 18.2 Å². The molecule has 0 atom stereocenters. The zero-order valence-corrected chi connectivity index (χ0v) is 14.7. The van der Waals surface area contributed by atoms with E-state index in [9.17, 15) is 9.59 Å². The lowest BCUT2D eigenvalue weighted by atomic mass is 9.86. The van der Waals surface area contributed by atoms with Crippen molar-refractivity contribution in [2.24, 2.45) is 5.92 Å². The number of rotatable bonds is 7. The molecule has 25 heavy (non-hydrogen) atoms.